The molecule has 3 aromatic rings. The molecule has 2 nitrogen and oxygen atoms in total. The van der Waals surface area contributed by atoms with Crippen molar-refractivity contribution in [2.24, 2.45) is 0 Å². The van der Waals surface area contributed by atoms with Crippen molar-refractivity contribution < 1.29 is 0 Å². The Labute approximate surface area is 163 Å². The highest BCUT2D eigenvalue weighted by Gasteiger charge is 2.13. The van der Waals surface area contributed by atoms with Gasteiger partial charge in [0.25, 0.3) is 0 Å². The zero-order valence-electron chi connectivity index (χ0n) is 14.7. The summed E-state index contributed by atoms with van der Waals surface area (Å²) in [5, 5.41) is 2.52. The fourth-order valence-corrected chi connectivity index (χ4v) is 4.22. The first-order chi connectivity index (χ1) is 11.9. The number of hydrogen-bond donors (Lipinski definition) is 1. The Morgan fingerprint density at radius 3 is 2.56 bits per heavy atom. The summed E-state index contributed by atoms with van der Waals surface area (Å²) in [4.78, 5) is 6.97. The molecular formula is C20H22Cl2N2S. The number of benzene rings is 2. The average Bonchev–Trinajstić information content (AvgIpc) is 2.91. The molecule has 0 aliphatic carbocycles. The number of thioether (sulfide) groups is 1. The molecule has 1 heterocycles. The molecule has 0 atom stereocenters. The summed E-state index contributed by atoms with van der Waals surface area (Å²) in [5.74, 6) is 0.907. The van der Waals surface area contributed by atoms with Gasteiger partial charge in [0.05, 0.1) is 10.0 Å². The van der Waals surface area contributed by atoms with E-state index >= 15 is 0 Å². The van der Waals surface area contributed by atoms with Crippen molar-refractivity contribution in [1.29, 1.82) is 0 Å². The molecule has 0 radical (unpaired) electrons. The van der Waals surface area contributed by atoms with Crippen LogP contribution in [0.15, 0.2) is 41.3 Å². The lowest BCUT2D eigenvalue weighted by atomic mass is 10.1. The molecule has 25 heavy (non-hydrogen) atoms. The van der Waals surface area contributed by atoms with Crippen LogP contribution >= 0.6 is 35.0 Å². The molecule has 0 bridgehead atoms. The molecule has 3 rings (SSSR count). The van der Waals surface area contributed by atoms with E-state index in [1.807, 2.05) is 18.2 Å². The van der Waals surface area contributed by atoms with Crippen LogP contribution in [-0.2, 0) is 12.2 Å². The summed E-state index contributed by atoms with van der Waals surface area (Å²) in [6.07, 6.45) is 1.01. The Kier molecular flexibility index (Phi) is 6.00. The number of nitrogens with zero attached hydrogens (tertiary/aromatic N) is 1. The normalized spacial score (nSPS) is 11.6. The molecule has 0 aliphatic rings. The Morgan fingerprint density at radius 1 is 1.04 bits per heavy atom. The van der Waals surface area contributed by atoms with Crippen molar-refractivity contribution in [3.63, 3.8) is 0 Å². The van der Waals surface area contributed by atoms with Gasteiger partial charge >= 0.3 is 0 Å². The molecule has 0 saturated carbocycles. The quantitative estimate of drug-likeness (QED) is 0.505. The van der Waals surface area contributed by atoms with Gasteiger partial charge in [-0.2, -0.15) is 0 Å². The van der Waals surface area contributed by atoms with Crippen LogP contribution < -0.4 is 0 Å². The Balaban J connectivity index is 1.90. The summed E-state index contributed by atoms with van der Waals surface area (Å²) in [6, 6.07) is 12.4. The second-order valence-corrected chi connectivity index (χ2v) is 8.41. The van der Waals surface area contributed by atoms with Gasteiger partial charge in [-0.25, -0.2) is 0 Å². The number of aromatic amines is 1. The van der Waals surface area contributed by atoms with Gasteiger partial charge in [0.2, 0.25) is 0 Å². The SMILES string of the molecule is Cc1ccc2[nH]c(CCN(C)C)c(CSc3ccc(Cl)c(Cl)c3)c2c1. The number of aromatic nitrogens is 1. The molecule has 132 valence electrons. The maximum atomic E-state index is 6.15. The largest absolute Gasteiger partial charge is 0.358 e. The van der Waals surface area contributed by atoms with Gasteiger partial charge < -0.3 is 9.88 Å². The van der Waals surface area contributed by atoms with Gasteiger partial charge in [0.1, 0.15) is 0 Å². The lowest BCUT2D eigenvalue weighted by Gasteiger charge is -2.10. The number of nitrogens with one attached hydrogen (secondary N) is 1. The summed E-state index contributed by atoms with van der Waals surface area (Å²) >= 11 is 14.0. The average molecular weight is 393 g/mol. The van der Waals surface area contributed by atoms with Gasteiger partial charge in [0.15, 0.2) is 0 Å². The van der Waals surface area contributed by atoms with Crippen LogP contribution in [-0.4, -0.2) is 30.5 Å². The fourth-order valence-electron chi connectivity index (χ4n) is 2.85. The number of rotatable bonds is 6. The minimum absolute atomic E-state index is 0.598. The van der Waals surface area contributed by atoms with Crippen molar-refractivity contribution in [2.75, 3.05) is 20.6 Å². The van der Waals surface area contributed by atoms with E-state index in [4.69, 9.17) is 23.2 Å². The smallest absolute Gasteiger partial charge is 0.0603 e. The van der Waals surface area contributed by atoms with Gasteiger partial charge in [-0.15, -0.1) is 11.8 Å². The second kappa shape index (κ2) is 8.05. The van der Waals surface area contributed by atoms with Crippen molar-refractivity contribution >= 4 is 45.9 Å². The molecule has 2 aromatic carbocycles. The van der Waals surface area contributed by atoms with Gasteiger partial charge in [-0.3, -0.25) is 0 Å². The fraction of sp³-hybridized carbons (Fsp3) is 0.300. The summed E-state index contributed by atoms with van der Waals surface area (Å²) in [5.41, 5.74) is 5.20. The van der Waals surface area contributed by atoms with Crippen LogP contribution in [0.4, 0.5) is 0 Å². The highest BCUT2D eigenvalue weighted by Crippen LogP contribution is 2.33. The van der Waals surface area contributed by atoms with E-state index < -0.39 is 0 Å². The first kappa shape index (κ1) is 18.7. The zero-order valence-corrected chi connectivity index (χ0v) is 17.0. The molecule has 0 saturated heterocycles. The molecule has 1 aromatic heterocycles. The molecule has 5 heteroatoms. The van der Waals surface area contributed by atoms with E-state index in [-0.39, 0.29) is 0 Å². The standard InChI is InChI=1S/C20H22Cl2N2S/c1-13-4-7-19-15(10-13)16(20(23-19)8-9-24(2)3)12-25-14-5-6-17(21)18(22)11-14/h4-7,10-11,23H,8-9,12H2,1-3H3. The van der Waals surface area contributed by atoms with Crippen LogP contribution in [0.1, 0.15) is 16.8 Å². The third kappa shape index (κ3) is 4.53. The van der Waals surface area contributed by atoms with Crippen LogP contribution in [0.2, 0.25) is 10.0 Å². The summed E-state index contributed by atoms with van der Waals surface area (Å²) < 4.78 is 0. The first-order valence-electron chi connectivity index (χ1n) is 8.26. The number of hydrogen-bond acceptors (Lipinski definition) is 2. The van der Waals surface area contributed by atoms with E-state index in [0.29, 0.717) is 10.0 Å². The third-order valence-electron chi connectivity index (χ3n) is 4.23. The minimum Gasteiger partial charge on any atom is -0.358 e. The number of likely N-dealkylation sites (N-methyl/N-ethyl adjacent to an activating group) is 1. The van der Waals surface area contributed by atoms with Gasteiger partial charge in [0, 0.05) is 40.2 Å². The first-order valence-corrected chi connectivity index (χ1v) is 10.0. The zero-order chi connectivity index (χ0) is 18.0. The van der Waals surface area contributed by atoms with Crippen LogP contribution in [0, 0.1) is 6.92 Å². The van der Waals surface area contributed by atoms with Crippen LogP contribution in [0.3, 0.4) is 0 Å². The van der Waals surface area contributed by atoms with E-state index in [9.17, 15) is 0 Å². The van der Waals surface area contributed by atoms with Crippen molar-refractivity contribution in [1.82, 2.24) is 9.88 Å². The number of halogens is 2. The maximum Gasteiger partial charge on any atom is 0.0603 e. The minimum atomic E-state index is 0.598. The molecule has 0 spiro atoms. The van der Waals surface area contributed by atoms with E-state index in [1.165, 1.54) is 27.7 Å². The van der Waals surface area contributed by atoms with E-state index in [2.05, 4.69) is 49.1 Å². The van der Waals surface area contributed by atoms with E-state index in [1.54, 1.807) is 11.8 Å². The predicted octanol–water partition coefficient (Wildman–Crippen LogP) is 6.18. The highest BCUT2D eigenvalue weighted by molar-refractivity contribution is 7.98. The monoisotopic (exact) mass is 392 g/mol. The van der Waals surface area contributed by atoms with Crippen LogP contribution in [0.25, 0.3) is 10.9 Å². The molecular weight excluding hydrogens is 371 g/mol. The number of H-pyrrole nitrogens is 1. The number of fused-ring (bicyclic) bond motifs is 1. The van der Waals surface area contributed by atoms with Crippen molar-refractivity contribution in [2.45, 2.75) is 24.0 Å². The predicted molar refractivity (Wildman–Crippen MR) is 111 cm³/mol. The molecule has 0 amide bonds. The molecule has 0 unspecified atom stereocenters. The highest BCUT2D eigenvalue weighted by atomic mass is 35.5. The van der Waals surface area contributed by atoms with Crippen molar-refractivity contribution in [3.8, 4) is 0 Å². The molecule has 0 aliphatic heterocycles. The van der Waals surface area contributed by atoms with Gasteiger partial charge in [-0.1, -0.05) is 34.8 Å². The molecule has 1 N–H and O–H groups in total. The van der Waals surface area contributed by atoms with E-state index in [0.717, 1.165) is 23.6 Å². The molecule has 0 fully saturated rings. The van der Waals surface area contributed by atoms with Crippen molar-refractivity contribution in [3.05, 3.63) is 63.3 Å². The Bertz CT molecular complexity index is 887. The third-order valence-corrected chi connectivity index (χ3v) is 5.99. The lowest BCUT2D eigenvalue weighted by molar-refractivity contribution is 0.412. The maximum absolute atomic E-state index is 6.15. The Hall–Kier alpha value is -1.13. The van der Waals surface area contributed by atoms with Gasteiger partial charge in [-0.05, 0) is 56.9 Å². The second-order valence-electron chi connectivity index (χ2n) is 6.55. The summed E-state index contributed by atoms with van der Waals surface area (Å²) in [6.45, 7) is 3.16. The lowest BCUT2D eigenvalue weighted by Crippen LogP contribution is -2.15. The van der Waals surface area contributed by atoms with Crippen LogP contribution in [0.5, 0.6) is 0 Å². The topological polar surface area (TPSA) is 19.0 Å². The number of aryl methyl sites for hydroxylation is 1. The Morgan fingerprint density at radius 2 is 1.84 bits per heavy atom. The summed E-state index contributed by atoms with van der Waals surface area (Å²) in [7, 11) is 4.22.